The van der Waals surface area contributed by atoms with E-state index in [4.69, 9.17) is 4.42 Å². The first-order valence-corrected chi connectivity index (χ1v) is 7.77. The molecule has 2 aromatic carbocycles. The van der Waals surface area contributed by atoms with Crippen LogP contribution in [0.3, 0.4) is 0 Å². The molecule has 0 saturated carbocycles. The van der Waals surface area contributed by atoms with Crippen molar-refractivity contribution in [2.24, 2.45) is 0 Å². The standard InChI is InChI=1S/C18H15BrO2/c1-11-7-3-4-8-13(11)16-17(20)14-9-5-6-10-15(14)21-18(16)12(2)19/h3-10,12H,1-2H3. The number of alkyl halides is 1. The minimum Gasteiger partial charge on any atom is -0.459 e. The van der Waals surface area contributed by atoms with Crippen LogP contribution in [0.4, 0.5) is 0 Å². The summed E-state index contributed by atoms with van der Waals surface area (Å²) in [5.41, 5.74) is 3.29. The van der Waals surface area contributed by atoms with Gasteiger partial charge in [-0.15, -0.1) is 0 Å². The maximum atomic E-state index is 12.9. The van der Waals surface area contributed by atoms with Crippen LogP contribution in [0, 0.1) is 6.92 Å². The normalized spacial score (nSPS) is 12.5. The maximum absolute atomic E-state index is 12.9. The number of hydrogen-bond donors (Lipinski definition) is 0. The van der Waals surface area contributed by atoms with Gasteiger partial charge in [-0.25, -0.2) is 0 Å². The maximum Gasteiger partial charge on any atom is 0.200 e. The van der Waals surface area contributed by atoms with E-state index in [1.807, 2.05) is 62.4 Å². The second kappa shape index (κ2) is 5.49. The monoisotopic (exact) mass is 342 g/mol. The number of para-hydroxylation sites is 1. The zero-order valence-corrected chi connectivity index (χ0v) is 13.5. The molecule has 3 rings (SSSR count). The molecule has 0 bridgehead atoms. The third-order valence-corrected chi connectivity index (χ3v) is 4.02. The Labute approximate surface area is 131 Å². The van der Waals surface area contributed by atoms with Crippen molar-refractivity contribution >= 4 is 26.9 Å². The van der Waals surface area contributed by atoms with Crippen LogP contribution in [-0.4, -0.2) is 0 Å². The highest BCUT2D eigenvalue weighted by Gasteiger charge is 2.20. The number of fused-ring (bicyclic) bond motifs is 1. The third-order valence-electron chi connectivity index (χ3n) is 3.60. The Bertz CT molecular complexity index is 862. The van der Waals surface area contributed by atoms with Gasteiger partial charge >= 0.3 is 0 Å². The summed E-state index contributed by atoms with van der Waals surface area (Å²) in [5, 5.41) is 0.618. The Morgan fingerprint density at radius 2 is 1.71 bits per heavy atom. The lowest BCUT2D eigenvalue weighted by Crippen LogP contribution is -2.10. The van der Waals surface area contributed by atoms with E-state index in [9.17, 15) is 4.79 Å². The van der Waals surface area contributed by atoms with Gasteiger partial charge in [0.15, 0.2) is 0 Å². The molecule has 0 aliphatic heterocycles. The summed E-state index contributed by atoms with van der Waals surface area (Å²) in [6.45, 7) is 3.97. The van der Waals surface area contributed by atoms with E-state index in [1.165, 1.54) is 0 Å². The molecule has 0 spiro atoms. The van der Waals surface area contributed by atoms with Crippen LogP contribution in [0.25, 0.3) is 22.1 Å². The van der Waals surface area contributed by atoms with Crippen molar-refractivity contribution in [2.45, 2.75) is 18.7 Å². The zero-order chi connectivity index (χ0) is 15.0. The van der Waals surface area contributed by atoms with Crippen molar-refractivity contribution < 1.29 is 4.42 Å². The summed E-state index contributed by atoms with van der Waals surface area (Å²) in [6, 6.07) is 15.3. The molecule has 0 aliphatic carbocycles. The summed E-state index contributed by atoms with van der Waals surface area (Å²) in [7, 11) is 0. The van der Waals surface area contributed by atoms with Crippen LogP contribution in [0.15, 0.2) is 57.7 Å². The first kappa shape index (κ1) is 14.1. The average Bonchev–Trinajstić information content (AvgIpc) is 2.48. The van der Waals surface area contributed by atoms with Gasteiger partial charge in [0.1, 0.15) is 11.3 Å². The first-order valence-electron chi connectivity index (χ1n) is 6.85. The molecule has 3 aromatic rings. The fraction of sp³-hybridized carbons (Fsp3) is 0.167. The van der Waals surface area contributed by atoms with Gasteiger partial charge in [0.25, 0.3) is 0 Å². The van der Waals surface area contributed by atoms with Crippen molar-refractivity contribution in [1.82, 2.24) is 0 Å². The summed E-state index contributed by atoms with van der Waals surface area (Å²) >= 11 is 3.54. The van der Waals surface area contributed by atoms with Gasteiger partial charge < -0.3 is 4.42 Å². The van der Waals surface area contributed by atoms with Crippen molar-refractivity contribution in [3.8, 4) is 11.1 Å². The molecule has 1 atom stereocenters. The summed E-state index contributed by atoms with van der Waals surface area (Å²) in [6.07, 6.45) is 0. The Morgan fingerprint density at radius 3 is 2.43 bits per heavy atom. The topological polar surface area (TPSA) is 30.2 Å². The molecule has 106 valence electrons. The van der Waals surface area contributed by atoms with Crippen LogP contribution in [-0.2, 0) is 0 Å². The minimum atomic E-state index is -0.0376. The lowest BCUT2D eigenvalue weighted by atomic mass is 9.97. The smallest absolute Gasteiger partial charge is 0.200 e. The fourth-order valence-electron chi connectivity index (χ4n) is 2.55. The van der Waals surface area contributed by atoms with E-state index in [-0.39, 0.29) is 10.3 Å². The molecular formula is C18H15BrO2. The number of halogens is 1. The predicted molar refractivity (Wildman–Crippen MR) is 90.0 cm³/mol. The molecule has 1 unspecified atom stereocenters. The molecule has 2 nitrogen and oxygen atoms in total. The average molecular weight is 343 g/mol. The predicted octanol–water partition coefficient (Wildman–Crippen LogP) is 5.22. The van der Waals surface area contributed by atoms with E-state index in [1.54, 1.807) is 0 Å². The van der Waals surface area contributed by atoms with E-state index in [0.29, 0.717) is 22.3 Å². The summed E-state index contributed by atoms with van der Waals surface area (Å²) in [4.78, 5) is 12.9. The van der Waals surface area contributed by atoms with Gasteiger partial charge in [0.2, 0.25) is 5.43 Å². The van der Waals surface area contributed by atoms with Gasteiger partial charge in [0, 0.05) is 0 Å². The van der Waals surface area contributed by atoms with E-state index in [2.05, 4.69) is 15.9 Å². The summed E-state index contributed by atoms with van der Waals surface area (Å²) < 4.78 is 6.00. The lowest BCUT2D eigenvalue weighted by molar-refractivity contribution is 0.544. The lowest BCUT2D eigenvalue weighted by Gasteiger charge is -2.13. The molecule has 0 aliphatic rings. The number of aryl methyl sites for hydroxylation is 1. The molecule has 0 N–H and O–H groups in total. The molecule has 21 heavy (non-hydrogen) atoms. The molecule has 0 amide bonds. The highest BCUT2D eigenvalue weighted by molar-refractivity contribution is 9.09. The fourth-order valence-corrected chi connectivity index (χ4v) is 2.87. The molecule has 3 heteroatoms. The van der Waals surface area contributed by atoms with E-state index >= 15 is 0 Å². The molecular weight excluding hydrogens is 328 g/mol. The van der Waals surface area contributed by atoms with Gasteiger partial charge in [0.05, 0.1) is 15.8 Å². The van der Waals surface area contributed by atoms with Crippen molar-refractivity contribution in [3.63, 3.8) is 0 Å². The largest absolute Gasteiger partial charge is 0.459 e. The second-order valence-electron chi connectivity index (χ2n) is 5.10. The number of benzene rings is 2. The second-order valence-corrected chi connectivity index (χ2v) is 6.47. The van der Waals surface area contributed by atoms with E-state index < -0.39 is 0 Å². The highest BCUT2D eigenvalue weighted by Crippen LogP contribution is 2.33. The van der Waals surface area contributed by atoms with Gasteiger partial charge in [-0.1, -0.05) is 52.3 Å². The van der Waals surface area contributed by atoms with Crippen LogP contribution in [0.1, 0.15) is 23.1 Å². The molecule has 0 radical (unpaired) electrons. The molecule has 1 heterocycles. The van der Waals surface area contributed by atoms with E-state index in [0.717, 1.165) is 11.1 Å². The van der Waals surface area contributed by atoms with Crippen molar-refractivity contribution in [1.29, 1.82) is 0 Å². The van der Waals surface area contributed by atoms with Crippen LogP contribution in [0.5, 0.6) is 0 Å². The van der Waals surface area contributed by atoms with Crippen LogP contribution in [0.2, 0.25) is 0 Å². The van der Waals surface area contributed by atoms with Crippen LogP contribution >= 0.6 is 15.9 Å². The van der Waals surface area contributed by atoms with Crippen molar-refractivity contribution in [3.05, 3.63) is 70.1 Å². The quantitative estimate of drug-likeness (QED) is 0.597. The van der Waals surface area contributed by atoms with Gasteiger partial charge in [-0.3, -0.25) is 4.79 Å². The Hall–Kier alpha value is -1.87. The molecule has 0 saturated heterocycles. The zero-order valence-electron chi connectivity index (χ0n) is 11.9. The van der Waals surface area contributed by atoms with Gasteiger partial charge in [-0.05, 0) is 37.1 Å². The Kier molecular flexibility index (Phi) is 3.68. The first-order chi connectivity index (χ1) is 10.1. The summed E-state index contributed by atoms with van der Waals surface area (Å²) in [5.74, 6) is 0.674. The molecule has 0 fully saturated rings. The third kappa shape index (κ3) is 2.42. The van der Waals surface area contributed by atoms with Crippen LogP contribution < -0.4 is 5.43 Å². The number of rotatable bonds is 2. The Balaban J connectivity index is 2.46. The number of hydrogen-bond acceptors (Lipinski definition) is 2. The van der Waals surface area contributed by atoms with Gasteiger partial charge in [-0.2, -0.15) is 0 Å². The molecule has 1 aromatic heterocycles. The minimum absolute atomic E-state index is 0.0208. The van der Waals surface area contributed by atoms with Crippen molar-refractivity contribution in [2.75, 3.05) is 0 Å². The SMILES string of the molecule is Cc1ccccc1-c1c(C(C)Br)oc2ccccc2c1=O. The highest BCUT2D eigenvalue weighted by atomic mass is 79.9. The Morgan fingerprint density at radius 1 is 1.05 bits per heavy atom.